The number of rotatable bonds is 2. The van der Waals surface area contributed by atoms with E-state index in [4.69, 9.17) is 23.2 Å². The first-order valence-electron chi connectivity index (χ1n) is 4.73. The zero-order valence-corrected chi connectivity index (χ0v) is 9.39. The molecule has 3 heteroatoms. The van der Waals surface area contributed by atoms with Gasteiger partial charge in [-0.05, 0) is 36.8 Å². The quantitative estimate of drug-likeness (QED) is 0.826. The number of benzene rings is 1. The van der Waals surface area contributed by atoms with Crippen molar-refractivity contribution in [3.8, 4) is 0 Å². The van der Waals surface area contributed by atoms with Crippen molar-refractivity contribution < 1.29 is 5.11 Å². The maximum atomic E-state index is 9.41. The van der Waals surface area contributed by atoms with Gasteiger partial charge in [-0.25, -0.2) is 0 Å². The Labute approximate surface area is 93.7 Å². The molecule has 3 atom stereocenters. The largest absolute Gasteiger partial charge is 0.393 e. The average molecular weight is 231 g/mol. The molecule has 0 radical (unpaired) electrons. The summed E-state index contributed by atoms with van der Waals surface area (Å²) in [5, 5.41) is 10.6. The van der Waals surface area contributed by atoms with Crippen molar-refractivity contribution in [2.45, 2.75) is 25.4 Å². The highest BCUT2D eigenvalue weighted by Crippen LogP contribution is 2.52. The predicted molar refractivity (Wildman–Crippen MR) is 59.0 cm³/mol. The second-order valence-electron chi connectivity index (χ2n) is 3.89. The van der Waals surface area contributed by atoms with Crippen LogP contribution in [0.15, 0.2) is 18.2 Å². The zero-order valence-electron chi connectivity index (χ0n) is 7.87. The molecule has 0 aliphatic heterocycles. The molecule has 76 valence electrons. The SMILES string of the molecule is C[C@@H](O)[C@@H]1C[C@@H]1c1cccc(Cl)c1Cl. The minimum absolute atomic E-state index is 0.255. The van der Waals surface area contributed by atoms with Crippen LogP contribution in [0, 0.1) is 5.92 Å². The summed E-state index contributed by atoms with van der Waals surface area (Å²) in [6, 6.07) is 5.68. The van der Waals surface area contributed by atoms with Crippen LogP contribution in [0.3, 0.4) is 0 Å². The number of hydrogen-bond acceptors (Lipinski definition) is 1. The first-order valence-corrected chi connectivity index (χ1v) is 5.49. The van der Waals surface area contributed by atoms with E-state index in [2.05, 4.69) is 0 Å². The highest BCUT2D eigenvalue weighted by molar-refractivity contribution is 6.42. The van der Waals surface area contributed by atoms with Gasteiger partial charge in [-0.3, -0.25) is 0 Å². The molecule has 1 aromatic carbocycles. The van der Waals surface area contributed by atoms with E-state index in [-0.39, 0.29) is 6.10 Å². The minimum atomic E-state index is -0.255. The summed E-state index contributed by atoms with van der Waals surface area (Å²) >= 11 is 12.0. The van der Waals surface area contributed by atoms with Crippen LogP contribution in [0.25, 0.3) is 0 Å². The third kappa shape index (κ3) is 1.77. The molecule has 1 aliphatic carbocycles. The topological polar surface area (TPSA) is 20.2 Å². The minimum Gasteiger partial charge on any atom is -0.393 e. The molecule has 0 unspecified atom stereocenters. The molecule has 1 fully saturated rings. The number of hydrogen-bond donors (Lipinski definition) is 1. The molecule has 1 aliphatic rings. The maximum Gasteiger partial charge on any atom is 0.0627 e. The summed E-state index contributed by atoms with van der Waals surface area (Å²) < 4.78 is 0. The van der Waals surface area contributed by atoms with Gasteiger partial charge in [0.15, 0.2) is 0 Å². The number of aliphatic hydroxyl groups is 1. The predicted octanol–water partition coefficient (Wildman–Crippen LogP) is 3.48. The molecule has 0 amide bonds. The Bertz CT molecular complexity index is 349. The Balaban J connectivity index is 2.23. The molecule has 1 nitrogen and oxygen atoms in total. The zero-order chi connectivity index (χ0) is 10.3. The van der Waals surface area contributed by atoms with Gasteiger partial charge in [-0.15, -0.1) is 0 Å². The fourth-order valence-electron chi connectivity index (χ4n) is 1.91. The van der Waals surface area contributed by atoms with E-state index < -0.39 is 0 Å². The van der Waals surface area contributed by atoms with E-state index in [1.165, 1.54) is 0 Å². The molecule has 0 saturated heterocycles. The van der Waals surface area contributed by atoms with Gasteiger partial charge < -0.3 is 5.11 Å². The Morgan fingerprint density at radius 2 is 2.14 bits per heavy atom. The van der Waals surface area contributed by atoms with Gasteiger partial charge in [0.1, 0.15) is 0 Å². The van der Waals surface area contributed by atoms with Crippen LogP contribution in [0.2, 0.25) is 10.0 Å². The lowest BCUT2D eigenvalue weighted by Gasteiger charge is -2.06. The van der Waals surface area contributed by atoms with E-state index >= 15 is 0 Å². The maximum absolute atomic E-state index is 9.41. The van der Waals surface area contributed by atoms with Crippen LogP contribution in [0.4, 0.5) is 0 Å². The Kier molecular flexibility index (Phi) is 2.74. The molecular weight excluding hydrogens is 219 g/mol. The first-order chi connectivity index (χ1) is 6.61. The third-order valence-corrected chi connectivity index (χ3v) is 3.67. The standard InChI is InChI=1S/C11H12Cl2O/c1-6(14)8-5-9(8)7-3-2-4-10(12)11(7)13/h2-4,6,8-9,14H,5H2,1H3/t6-,8+,9-/m1/s1. The Hall–Kier alpha value is -0.240. The Morgan fingerprint density at radius 3 is 2.71 bits per heavy atom. The lowest BCUT2D eigenvalue weighted by atomic mass is 10.1. The fourth-order valence-corrected chi connectivity index (χ4v) is 2.36. The van der Waals surface area contributed by atoms with Gasteiger partial charge >= 0.3 is 0 Å². The lowest BCUT2D eigenvalue weighted by Crippen LogP contribution is -2.03. The van der Waals surface area contributed by atoms with Crippen molar-refractivity contribution in [1.29, 1.82) is 0 Å². The van der Waals surface area contributed by atoms with E-state index in [1.54, 1.807) is 6.07 Å². The smallest absolute Gasteiger partial charge is 0.0627 e. The molecular formula is C11H12Cl2O. The summed E-state index contributed by atoms with van der Waals surface area (Å²) in [6.45, 7) is 1.82. The molecule has 2 rings (SSSR count). The summed E-state index contributed by atoms with van der Waals surface area (Å²) in [6.07, 6.45) is 0.757. The van der Waals surface area contributed by atoms with E-state index in [1.807, 2.05) is 19.1 Å². The van der Waals surface area contributed by atoms with Crippen LogP contribution in [0.5, 0.6) is 0 Å². The molecule has 1 saturated carbocycles. The van der Waals surface area contributed by atoms with Crippen molar-refractivity contribution in [2.75, 3.05) is 0 Å². The molecule has 0 bridgehead atoms. The fraction of sp³-hybridized carbons (Fsp3) is 0.455. The monoisotopic (exact) mass is 230 g/mol. The molecule has 1 aromatic rings. The van der Waals surface area contributed by atoms with Crippen molar-refractivity contribution >= 4 is 23.2 Å². The van der Waals surface area contributed by atoms with E-state index in [0.717, 1.165) is 12.0 Å². The molecule has 1 N–H and O–H groups in total. The molecule has 0 aromatic heterocycles. The summed E-state index contributed by atoms with van der Waals surface area (Å²) in [5.41, 5.74) is 1.07. The molecule has 0 spiro atoms. The van der Waals surface area contributed by atoms with Crippen LogP contribution < -0.4 is 0 Å². The van der Waals surface area contributed by atoms with E-state index in [0.29, 0.717) is 21.9 Å². The highest BCUT2D eigenvalue weighted by atomic mass is 35.5. The average Bonchev–Trinajstić information content (AvgIpc) is 2.89. The van der Waals surface area contributed by atoms with Crippen molar-refractivity contribution in [3.05, 3.63) is 33.8 Å². The van der Waals surface area contributed by atoms with Crippen LogP contribution in [-0.2, 0) is 0 Å². The van der Waals surface area contributed by atoms with Gasteiger partial charge in [0.2, 0.25) is 0 Å². The van der Waals surface area contributed by atoms with Crippen molar-refractivity contribution in [1.82, 2.24) is 0 Å². The third-order valence-electron chi connectivity index (χ3n) is 2.84. The van der Waals surface area contributed by atoms with Gasteiger partial charge in [-0.2, -0.15) is 0 Å². The van der Waals surface area contributed by atoms with Crippen LogP contribution in [0.1, 0.15) is 24.8 Å². The van der Waals surface area contributed by atoms with Gasteiger partial charge in [0, 0.05) is 0 Å². The molecule has 14 heavy (non-hydrogen) atoms. The van der Waals surface area contributed by atoms with Crippen molar-refractivity contribution in [2.24, 2.45) is 5.92 Å². The van der Waals surface area contributed by atoms with Gasteiger partial charge in [0.05, 0.1) is 16.1 Å². The molecule has 0 heterocycles. The summed E-state index contributed by atoms with van der Waals surface area (Å²) in [4.78, 5) is 0. The first kappa shape index (κ1) is 10.3. The van der Waals surface area contributed by atoms with E-state index in [9.17, 15) is 5.11 Å². The van der Waals surface area contributed by atoms with Gasteiger partial charge in [-0.1, -0.05) is 35.3 Å². The lowest BCUT2D eigenvalue weighted by molar-refractivity contribution is 0.169. The highest BCUT2D eigenvalue weighted by Gasteiger charge is 2.42. The second kappa shape index (κ2) is 3.73. The Morgan fingerprint density at radius 1 is 1.43 bits per heavy atom. The van der Waals surface area contributed by atoms with Gasteiger partial charge in [0.25, 0.3) is 0 Å². The number of halogens is 2. The normalized spacial score (nSPS) is 27.4. The van der Waals surface area contributed by atoms with Crippen LogP contribution in [-0.4, -0.2) is 11.2 Å². The summed E-state index contributed by atoms with van der Waals surface area (Å²) in [5.74, 6) is 0.743. The van der Waals surface area contributed by atoms with Crippen LogP contribution >= 0.6 is 23.2 Å². The van der Waals surface area contributed by atoms with Crippen molar-refractivity contribution in [3.63, 3.8) is 0 Å². The summed E-state index contributed by atoms with van der Waals surface area (Å²) in [7, 11) is 0. The second-order valence-corrected chi connectivity index (χ2v) is 4.67. The number of aliphatic hydroxyl groups excluding tert-OH is 1.